The molecule has 7 nitrogen and oxygen atoms in total. The Kier molecular flexibility index (Phi) is 9.77. The highest BCUT2D eigenvalue weighted by Gasteiger charge is 2.48. The lowest BCUT2D eigenvalue weighted by Gasteiger charge is -2.56. The fourth-order valence-electron chi connectivity index (χ4n) is 5.31. The lowest BCUT2D eigenvalue weighted by atomic mass is 9.78. The molecule has 0 atom stereocenters. The highest BCUT2D eigenvalue weighted by molar-refractivity contribution is 5.69. The fourth-order valence-corrected chi connectivity index (χ4v) is 5.31. The van der Waals surface area contributed by atoms with Gasteiger partial charge in [0.15, 0.2) is 0 Å². The minimum absolute atomic E-state index is 0.0731. The minimum Gasteiger partial charge on any atom is -0.481 e. The minimum atomic E-state index is -0.810. The van der Waals surface area contributed by atoms with Crippen LogP contribution in [-0.4, -0.2) is 69.9 Å². The van der Waals surface area contributed by atoms with E-state index in [1.165, 1.54) is 19.3 Å². The molecule has 0 aromatic rings. The fraction of sp³-hybridized carbons (Fsp3) is 0.917. The molecule has 1 saturated carbocycles. The van der Waals surface area contributed by atoms with Gasteiger partial charge in [-0.05, 0) is 59.8 Å². The van der Waals surface area contributed by atoms with Crippen molar-refractivity contribution in [2.24, 2.45) is 0 Å². The van der Waals surface area contributed by atoms with E-state index in [9.17, 15) is 14.7 Å². The summed E-state index contributed by atoms with van der Waals surface area (Å²) in [7, 11) is 0. The van der Waals surface area contributed by atoms with Crippen LogP contribution in [0.4, 0.5) is 0 Å². The monoisotopic (exact) mass is 440 g/mol. The van der Waals surface area contributed by atoms with Gasteiger partial charge in [-0.15, -0.1) is 0 Å². The quantitative estimate of drug-likeness (QED) is 0.477. The van der Waals surface area contributed by atoms with E-state index in [-0.39, 0.29) is 29.5 Å². The van der Waals surface area contributed by atoms with Crippen molar-refractivity contribution in [2.75, 3.05) is 19.7 Å². The van der Waals surface area contributed by atoms with Crippen LogP contribution in [0.1, 0.15) is 98.8 Å². The first-order valence-corrected chi connectivity index (χ1v) is 12.1. The second-order valence-corrected chi connectivity index (χ2v) is 10.5. The van der Waals surface area contributed by atoms with Crippen LogP contribution in [0.3, 0.4) is 0 Å². The van der Waals surface area contributed by atoms with Gasteiger partial charge in [0.1, 0.15) is 0 Å². The molecule has 1 aliphatic carbocycles. The molecule has 1 N–H and O–H groups in total. The Morgan fingerprint density at radius 2 is 1.58 bits per heavy atom. The number of esters is 1. The summed E-state index contributed by atoms with van der Waals surface area (Å²) < 4.78 is 5.23. The Bertz CT molecular complexity index is 569. The number of carboxylic acids is 1. The predicted octanol–water partition coefficient (Wildman–Crippen LogP) is 4.39. The standard InChI is InChI=1S/C24H44N2O5/c1-6-16-30-22(29)13-15-25(14-12-21(27)28)19-17-23(2,3)26(24(4,5)18-19)31-20-10-8-7-9-11-20/h19-20H,6-18H2,1-5H3,(H,27,28). The third-order valence-electron chi connectivity index (χ3n) is 6.58. The number of carboxylic acid groups (broad SMARTS) is 1. The number of ether oxygens (including phenoxy) is 1. The van der Waals surface area contributed by atoms with E-state index in [0.29, 0.717) is 32.2 Å². The zero-order chi connectivity index (χ0) is 23.1. The average Bonchev–Trinajstić information content (AvgIpc) is 2.69. The third-order valence-corrected chi connectivity index (χ3v) is 6.58. The van der Waals surface area contributed by atoms with Crippen molar-refractivity contribution in [3.8, 4) is 0 Å². The molecule has 0 spiro atoms. The summed E-state index contributed by atoms with van der Waals surface area (Å²) in [5.41, 5.74) is -0.373. The van der Waals surface area contributed by atoms with Crippen molar-refractivity contribution in [2.45, 2.75) is 122 Å². The van der Waals surface area contributed by atoms with Gasteiger partial charge in [0.25, 0.3) is 0 Å². The van der Waals surface area contributed by atoms with Crippen molar-refractivity contribution in [1.29, 1.82) is 0 Å². The van der Waals surface area contributed by atoms with Crippen LogP contribution in [0.15, 0.2) is 0 Å². The molecule has 31 heavy (non-hydrogen) atoms. The highest BCUT2D eigenvalue weighted by atomic mass is 16.7. The molecule has 2 aliphatic rings. The lowest BCUT2D eigenvalue weighted by Crippen LogP contribution is -2.65. The summed E-state index contributed by atoms with van der Waals surface area (Å²) in [6.45, 7) is 12.2. The van der Waals surface area contributed by atoms with E-state index < -0.39 is 5.97 Å². The molecule has 180 valence electrons. The molecule has 7 heteroatoms. The largest absolute Gasteiger partial charge is 0.481 e. The number of carbonyl (C=O) groups excluding carboxylic acids is 1. The Hall–Kier alpha value is -1.18. The molecule has 1 heterocycles. The van der Waals surface area contributed by atoms with Gasteiger partial charge >= 0.3 is 11.9 Å². The maximum Gasteiger partial charge on any atom is 0.307 e. The molecule has 1 saturated heterocycles. The molecule has 0 aromatic heterocycles. The number of nitrogens with zero attached hydrogens (tertiary/aromatic N) is 2. The summed E-state index contributed by atoms with van der Waals surface area (Å²) in [5, 5.41) is 11.5. The van der Waals surface area contributed by atoms with E-state index in [0.717, 1.165) is 32.1 Å². The molecular weight excluding hydrogens is 396 g/mol. The number of rotatable bonds is 11. The number of hydrogen-bond donors (Lipinski definition) is 1. The summed E-state index contributed by atoms with van der Waals surface area (Å²) in [6, 6.07) is 0.189. The smallest absolute Gasteiger partial charge is 0.307 e. The first kappa shape index (κ1) is 26.1. The Balaban J connectivity index is 2.08. The molecule has 0 aromatic carbocycles. The van der Waals surface area contributed by atoms with Gasteiger partial charge in [-0.2, -0.15) is 5.06 Å². The Labute approximate surface area is 188 Å². The van der Waals surface area contributed by atoms with Crippen LogP contribution < -0.4 is 0 Å². The summed E-state index contributed by atoms with van der Waals surface area (Å²) in [6.07, 6.45) is 9.21. The number of piperidine rings is 1. The van der Waals surface area contributed by atoms with E-state index in [2.05, 4.69) is 37.7 Å². The molecule has 1 aliphatic heterocycles. The maximum absolute atomic E-state index is 12.1. The SMILES string of the molecule is CCCOC(=O)CCN(CCC(=O)O)C1CC(C)(C)N(OC2CCCCC2)C(C)(C)C1. The van der Waals surface area contributed by atoms with Crippen LogP contribution in [-0.2, 0) is 19.2 Å². The van der Waals surface area contributed by atoms with Crippen LogP contribution in [0.25, 0.3) is 0 Å². The molecule has 0 bridgehead atoms. The van der Waals surface area contributed by atoms with Crippen LogP contribution >= 0.6 is 0 Å². The van der Waals surface area contributed by atoms with Gasteiger partial charge in [0.05, 0.1) is 25.6 Å². The average molecular weight is 441 g/mol. The topological polar surface area (TPSA) is 79.3 Å². The van der Waals surface area contributed by atoms with Gasteiger partial charge in [0, 0.05) is 30.2 Å². The Morgan fingerprint density at radius 1 is 1.00 bits per heavy atom. The second kappa shape index (κ2) is 11.6. The van der Waals surface area contributed by atoms with Crippen molar-refractivity contribution >= 4 is 11.9 Å². The van der Waals surface area contributed by atoms with E-state index in [4.69, 9.17) is 9.57 Å². The zero-order valence-corrected chi connectivity index (χ0v) is 20.3. The Morgan fingerprint density at radius 3 is 2.13 bits per heavy atom. The van der Waals surface area contributed by atoms with Gasteiger partial charge in [-0.25, -0.2) is 0 Å². The van der Waals surface area contributed by atoms with Crippen LogP contribution in [0.2, 0.25) is 0 Å². The van der Waals surface area contributed by atoms with E-state index >= 15 is 0 Å². The van der Waals surface area contributed by atoms with Gasteiger partial charge in [0.2, 0.25) is 0 Å². The molecule has 0 amide bonds. The summed E-state index contributed by atoms with van der Waals surface area (Å²) in [5.74, 6) is -1.02. The molecule has 2 rings (SSSR count). The predicted molar refractivity (Wildman–Crippen MR) is 121 cm³/mol. The number of hydrogen-bond acceptors (Lipinski definition) is 6. The summed E-state index contributed by atoms with van der Waals surface area (Å²) >= 11 is 0. The molecule has 2 fully saturated rings. The van der Waals surface area contributed by atoms with E-state index in [1.807, 2.05) is 6.92 Å². The van der Waals surface area contributed by atoms with Gasteiger partial charge in [-0.3, -0.25) is 19.3 Å². The number of aliphatic carboxylic acids is 1. The molecule has 0 unspecified atom stereocenters. The van der Waals surface area contributed by atoms with Crippen molar-refractivity contribution < 1.29 is 24.3 Å². The first-order valence-electron chi connectivity index (χ1n) is 12.1. The maximum atomic E-state index is 12.1. The van der Waals surface area contributed by atoms with Crippen LogP contribution in [0.5, 0.6) is 0 Å². The second-order valence-electron chi connectivity index (χ2n) is 10.5. The first-order chi connectivity index (χ1) is 14.5. The number of carbonyl (C=O) groups is 2. The van der Waals surface area contributed by atoms with Crippen LogP contribution in [0, 0.1) is 0 Å². The van der Waals surface area contributed by atoms with Gasteiger partial charge in [-0.1, -0.05) is 26.2 Å². The zero-order valence-electron chi connectivity index (χ0n) is 20.3. The number of hydroxylamine groups is 2. The molecular formula is C24H44N2O5. The normalized spacial score (nSPS) is 22.5. The lowest BCUT2D eigenvalue weighted by molar-refractivity contribution is -0.314. The van der Waals surface area contributed by atoms with Gasteiger partial charge < -0.3 is 9.84 Å². The van der Waals surface area contributed by atoms with Crippen molar-refractivity contribution in [3.05, 3.63) is 0 Å². The summed E-state index contributed by atoms with van der Waals surface area (Å²) in [4.78, 5) is 32.1. The third kappa shape index (κ3) is 8.03. The van der Waals surface area contributed by atoms with Crippen molar-refractivity contribution in [1.82, 2.24) is 9.96 Å². The highest BCUT2D eigenvalue weighted by Crippen LogP contribution is 2.42. The molecule has 0 radical (unpaired) electrons. The van der Waals surface area contributed by atoms with Crippen molar-refractivity contribution in [3.63, 3.8) is 0 Å². The van der Waals surface area contributed by atoms with E-state index in [1.54, 1.807) is 0 Å².